The van der Waals surface area contributed by atoms with Crippen molar-refractivity contribution < 1.29 is 23.4 Å². The van der Waals surface area contributed by atoms with Gasteiger partial charge in [0.1, 0.15) is 11.6 Å². The van der Waals surface area contributed by atoms with Crippen molar-refractivity contribution in [2.24, 2.45) is 0 Å². The van der Waals surface area contributed by atoms with Crippen LogP contribution in [-0.4, -0.2) is 39.0 Å². The molecule has 0 spiro atoms. The summed E-state index contributed by atoms with van der Waals surface area (Å²) >= 11 is 0. The van der Waals surface area contributed by atoms with Crippen molar-refractivity contribution in [2.45, 2.75) is 6.61 Å². The summed E-state index contributed by atoms with van der Waals surface area (Å²) < 4.78 is 29.7. The first-order valence-corrected chi connectivity index (χ1v) is 9.14. The van der Waals surface area contributed by atoms with Gasteiger partial charge in [0.2, 0.25) is 5.91 Å². The molecule has 0 atom stereocenters. The highest BCUT2D eigenvalue weighted by atomic mass is 19.1. The van der Waals surface area contributed by atoms with Gasteiger partial charge in [-0.1, -0.05) is 0 Å². The second-order valence-corrected chi connectivity index (χ2v) is 6.56. The van der Waals surface area contributed by atoms with E-state index in [2.05, 4.69) is 10.2 Å². The first-order valence-electron chi connectivity index (χ1n) is 9.14. The SMILES string of the molecule is O=C(C=Cc1cc(F)cc2c1OCOC2)Nc1ccc(N2CCOCC2)cc1. The molecular formula is C21H21FN2O4. The zero-order valence-corrected chi connectivity index (χ0v) is 15.3. The van der Waals surface area contributed by atoms with Gasteiger partial charge in [-0.05, 0) is 42.5 Å². The average Bonchev–Trinajstić information content (AvgIpc) is 2.73. The third-order valence-corrected chi connectivity index (χ3v) is 4.63. The number of ether oxygens (including phenoxy) is 3. The first kappa shape index (κ1) is 18.5. The molecular weight excluding hydrogens is 363 g/mol. The molecule has 1 amide bonds. The van der Waals surface area contributed by atoms with Gasteiger partial charge < -0.3 is 24.4 Å². The number of nitrogens with zero attached hydrogens (tertiary/aromatic N) is 1. The van der Waals surface area contributed by atoms with Gasteiger partial charge >= 0.3 is 0 Å². The molecule has 2 aliphatic rings. The summed E-state index contributed by atoms with van der Waals surface area (Å²) in [6, 6.07) is 10.4. The molecule has 4 rings (SSSR count). The summed E-state index contributed by atoms with van der Waals surface area (Å²) in [4.78, 5) is 14.5. The third kappa shape index (κ3) is 4.32. The lowest BCUT2D eigenvalue weighted by atomic mass is 10.1. The average molecular weight is 384 g/mol. The number of benzene rings is 2. The molecule has 2 heterocycles. The van der Waals surface area contributed by atoms with E-state index in [4.69, 9.17) is 14.2 Å². The molecule has 0 aliphatic carbocycles. The molecule has 0 unspecified atom stereocenters. The lowest BCUT2D eigenvalue weighted by Crippen LogP contribution is -2.36. The Morgan fingerprint density at radius 2 is 1.89 bits per heavy atom. The highest BCUT2D eigenvalue weighted by Gasteiger charge is 2.16. The summed E-state index contributed by atoms with van der Waals surface area (Å²) in [6.07, 6.45) is 2.91. The van der Waals surface area contributed by atoms with Gasteiger partial charge in [-0.15, -0.1) is 0 Å². The molecule has 1 fully saturated rings. The summed E-state index contributed by atoms with van der Waals surface area (Å²) in [5.41, 5.74) is 2.93. The molecule has 0 bridgehead atoms. The number of rotatable bonds is 4. The number of hydrogen-bond acceptors (Lipinski definition) is 5. The summed E-state index contributed by atoms with van der Waals surface area (Å²) in [5, 5.41) is 2.81. The van der Waals surface area contributed by atoms with Gasteiger partial charge in [0, 0.05) is 41.7 Å². The number of morpholine rings is 1. The number of hydrogen-bond donors (Lipinski definition) is 1. The molecule has 1 saturated heterocycles. The lowest BCUT2D eigenvalue weighted by molar-refractivity contribution is -0.111. The number of anilines is 2. The van der Waals surface area contributed by atoms with Crippen LogP contribution in [-0.2, 0) is 20.9 Å². The molecule has 0 aromatic heterocycles. The van der Waals surface area contributed by atoms with Gasteiger partial charge in [0.15, 0.2) is 6.79 Å². The monoisotopic (exact) mass is 384 g/mol. The maximum Gasteiger partial charge on any atom is 0.248 e. The highest BCUT2D eigenvalue weighted by molar-refractivity contribution is 6.02. The van der Waals surface area contributed by atoms with Crippen LogP contribution >= 0.6 is 0 Å². The van der Waals surface area contributed by atoms with E-state index in [1.807, 2.05) is 24.3 Å². The third-order valence-electron chi connectivity index (χ3n) is 4.63. The lowest BCUT2D eigenvalue weighted by Gasteiger charge is -2.28. The predicted octanol–water partition coefficient (Wildman–Crippen LogP) is 3.18. The largest absolute Gasteiger partial charge is 0.467 e. The second-order valence-electron chi connectivity index (χ2n) is 6.56. The Morgan fingerprint density at radius 1 is 1.11 bits per heavy atom. The van der Waals surface area contributed by atoms with Crippen molar-refractivity contribution in [1.82, 2.24) is 0 Å². The zero-order chi connectivity index (χ0) is 19.3. The number of halogens is 1. The van der Waals surface area contributed by atoms with Crippen LogP contribution in [0, 0.1) is 5.82 Å². The topological polar surface area (TPSA) is 60.0 Å². The predicted molar refractivity (Wildman–Crippen MR) is 104 cm³/mol. The number of nitrogens with one attached hydrogen (secondary N) is 1. The van der Waals surface area contributed by atoms with E-state index in [9.17, 15) is 9.18 Å². The van der Waals surface area contributed by atoms with Crippen molar-refractivity contribution in [1.29, 1.82) is 0 Å². The Kier molecular flexibility index (Phi) is 5.55. The molecule has 1 N–H and O–H groups in total. The van der Waals surface area contributed by atoms with Crippen LogP contribution in [0.1, 0.15) is 11.1 Å². The maximum atomic E-state index is 13.8. The molecule has 146 valence electrons. The highest BCUT2D eigenvalue weighted by Crippen LogP contribution is 2.30. The smallest absolute Gasteiger partial charge is 0.248 e. The zero-order valence-electron chi connectivity index (χ0n) is 15.3. The van der Waals surface area contributed by atoms with E-state index in [-0.39, 0.29) is 19.3 Å². The minimum Gasteiger partial charge on any atom is -0.467 e. The van der Waals surface area contributed by atoms with Crippen LogP contribution in [0.4, 0.5) is 15.8 Å². The van der Waals surface area contributed by atoms with Crippen molar-refractivity contribution in [3.05, 3.63) is 59.4 Å². The van der Waals surface area contributed by atoms with E-state index >= 15 is 0 Å². The Bertz CT molecular complexity index is 877. The Labute approximate surface area is 162 Å². The maximum absolute atomic E-state index is 13.8. The standard InChI is InChI=1S/C21H21FN2O4/c22-17-11-15(21-16(12-17)13-27-14-28-21)1-6-20(25)23-18-2-4-19(5-3-18)24-7-9-26-10-8-24/h1-6,11-12H,7-10,13-14H2,(H,23,25). The molecule has 28 heavy (non-hydrogen) atoms. The minimum atomic E-state index is -0.397. The normalized spacial score (nSPS) is 16.5. The van der Waals surface area contributed by atoms with Gasteiger partial charge in [0.05, 0.1) is 19.8 Å². The number of carbonyl (C=O) groups excluding carboxylic acids is 1. The Hall–Kier alpha value is -2.90. The van der Waals surface area contributed by atoms with Crippen LogP contribution < -0.4 is 15.0 Å². The Morgan fingerprint density at radius 3 is 2.68 bits per heavy atom. The summed E-state index contributed by atoms with van der Waals surface area (Å²) in [5.74, 6) is -0.151. The number of amides is 1. The summed E-state index contributed by atoms with van der Waals surface area (Å²) in [6.45, 7) is 3.57. The van der Waals surface area contributed by atoms with Crippen molar-refractivity contribution in [3.63, 3.8) is 0 Å². The first-order chi connectivity index (χ1) is 13.7. The number of carbonyl (C=O) groups is 1. The van der Waals surface area contributed by atoms with Gasteiger partial charge in [-0.2, -0.15) is 0 Å². The van der Waals surface area contributed by atoms with Gasteiger partial charge in [-0.25, -0.2) is 4.39 Å². The van der Waals surface area contributed by atoms with Crippen LogP contribution in [0.2, 0.25) is 0 Å². The van der Waals surface area contributed by atoms with E-state index in [0.717, 1.165) is 32.0 Å². The van der Waals surface area contributed by atoms with E-state index in [0.29, 0.717) is 22.6 Å². The fourth-order valence-corrected chi connectivity index (χ4v) is 3.26. The van der Waals surface area contributed by atoms with Crippen LogP contribution in [0.15, 0.2) is 42.5 Å². The quantitative estimate of drug-likeness (QED) is 0.821. The molecule has 2 aromatic carbocycles. The summed E-state index contributed by atoms with van der Waals surface area (Å²) in [7, 11) is 0. The van der Waals surface area contributed by atoms with Gasteiger partial charge in [-0.3, -0.25) is 4.79 Å². The molecule has 6 nitrogen and oxygen atoms in total. The molecule has 7 heteroatoms. The van der Waals surface area contributed by atoms with Gasteiger partial charge in [0.25, 0.3) is 0 Å². The fraction of sp³-hybridized carbons (Fsp3) is 0.286. The second kappa shape index (κ2) is 8.41. The fourth-order valence-electron chi connectivity index (χ4n) is 3.26. The van der Waals surface area contributed by atoms with Crippen LogP contribution in [0.25, 0.3) is 6.08 Å². The van der Waals surface area contributed by atoms with E-state index < -0.39 is 5.82 Å². The molecule has 2 aromatic rings. The van der Waals surface area contributed by atoms with Crippen molar-refractivity contribution >= 4 is 23.4 Å². The molecule has 0 radical (unpaired) electrons. The van der Waals surface area contributed by atoms with Crippen molar-refractivity contribution in [2.75, 3.05) is 43.3 Å². The number of fused-ring (bicyclic) bond motifs is 1. The Balaban J connectivity index is 1.41. The minimum absolute atomic E-state index is 0.112. The van der Waals surface area contributed by atoms with E-state index in [1.54, 1.807) is 6.08 Å². The molecule has 0 saturated carbocycles. The molecule has 2 aliphatic heterocycles. The van der Waals surface area contributed by atoms with Crippen molar-refractivity contribution in [3.8, 4) is 5.75 Å². The van der Waals surface area contributed by atoms with Crippen LogP contribution in [0.3, 0.4) is 0 Å². The van der Waals surface area contributed by atoms with Crippen LogP contribution in [0.5, 0.6) is 5.75 Å². The van der Waals surface area contributed by atoms with E-state index in [1.165, 1.54) is 18.2 Å².